The monoisotopic (exact) mass is 298 g/mol. The highest BCUT2D eigenvalue weighted by atomic mass is 16.5. The first kappa shape index (κ1) is 15.9. The number of ether oxygens (including phenoxy) is 1. The van der Waals surface area contributed by atoms with Crippen molar-refractivity contribution < 1.29 is 9.53 Å². The van der Waals surface area contributed by atoms with Crippen molar-refractivity contribution in [2.45, 2.75) is 20.8 Å². The summed E-state index contributed by atoms with van der Waals surface area (Å²) in [6.07, 6.45) is 0. The van der Waals surface area contributed by atoms with Crippen molar-refractivity contribution in [3.63, 3.8) is 0 Å². The van der Waals surface area contributed by atoms with E-state index in [-0.39, 0.29) is 6.03 Å². The third kappa shape index (κ3) is 4.52. The molecule has 2 N–H and O–H groups in total. The van der Waals surface area contributed by atoms with Gasteiger partial charge in [-0.05, 0) is 49.6 Å². The molecule has 4 nitrogen and oxygen atoms in total. The van der Waals surface area contributed by atoms with Crippen molar-refractivity contribution in [1.82, 2.24) is 5.32 Å². The van der Waals surface area contributed by atoms with Crippen LogP contribution in [-0.4, -0.2) is 19.2 Å². The summed E-state index contributed by atoms with van der Waals surface area (Å²) in [4.78, 5) is 11.8. The zero-order valence-electron chi connectivity index (χ0n) is 13.3. The maximum Gasteiger partial charge on any atom is 0.319 e. The lowest BCUT2D eigenvalue weighted by Crippen LogP contribution is -2.32. The number of hydrogen-bond acceptors (Lipinski definition) is 2. The number of benzene rings is 2. The minimum absolute atomic E-state index is 0.223. The van der Waals surface area contributed by atoms with E-state index in [0.29, 0.717) is 13.2 Å². The van der Waals surface area contributed by atoms with Crippen LogP contribution < -0.4 is 15.4 Å². The van der Waals surface area contributed by atoms with Crippen LogP contribution in [0.5, 0.6) is 5.75 Å². The SMILES string of the molecule is Cc1ccc(C)c(OCCNC(=O)Nc2ccccc2C)c1. The summed E-state index contributed by atoms with van der Waals surface area (Å²) < 4.78 is 5.70. The molecule has 2 rings (SSSR count). The van der Waals surface area contributed by atoms with E-state index in [2.05, 4.69) is 16.7 Å². The van der Waals surface area contributed by atoms with E-state index < -0.39 is 0 Å². The Labute approximate surface area is 131 Å². The summed E-state index contributed by atoms with van der Waals surface area (Å²) in [6, 6.07) is 13.5. The fourth-order valence-corrected chi connectivity index (χ4v) is 2.07. The average molecular weight is 298 g/mol. The lowest BCUT2D eigenvalue weighted by Gasteiger charge is -2.12. The maximum absolute atomic E-state index is 11.8. The first-order valence-electron chi connectivity index (χ1n) is 7.37. The lowest BCUT2D eigenvalue weighted by molar-refractivity contribution is 0.247. The Bertz CT molecular complexity index is 653. The van der Waals surface area contributed by atoms with Gasteiger partial charge in [-0.25, -0.2) is 4.79 Å². The van der Waals surface area contributed by atoms with Crippen molar-refractivity contribution in [3.05, 3.63) is 59.2 Å². The molecule has 2 amide bonds. The van der Waals surface area contributed by atoms with Crippen LogP contribution in [-0.2, 0) is 0 Å². The summed E-state index contributed by atoms with van der Waals surface area (Å²) in [5.74, 6) is 0.862. The minimum atomic E-state index is -0.223. The van der Waals surface area contributed by atoms with E-state index in [1.807, 2.05) is 57.2 Å². The lowest BCUT2D eigenvalue weighted by atomic mass is 10.1. The van der Waals surface area contributed by atoms with Gasteiger partial charge in [0.15, 0.2) is 0 Å². The number of amides is 2. The highest BCUT2D eigenvalue weighted by Crippen LogP contribution is 2.18. The molecule has 0 saturated heterocycles. The first-order chi connectivity index (χ1) is 10.6. The molecule has 0 saturated carbocycles. The normalized spacial score (nSPS) is 10.1. The van der Waals surface area contributed by atoms with E-state index in [4.69, 9.17) is 4.74 Å². The Morgan fingerprint density at radius 1 is 1.05 bits per heavy atom. The van der Waals surface area contributed by atoms with Gasteiger partial charge in [-0.3, -0.25) is 0 Å². The van der Waals surface area contributed by atoms with E-state index in [0.717, 1.165) is 28.1 Å². The smallest absolute Gasteiger partial charge is 0.319 e. The molecule has 0 aliphatic carbocycles. The number of anilines is 1. The van der Waals surface area contributed by atoms with Gasteiger partial charge in [-0.2, -0.15) is 0 Å². The quantitative estimate of drug-likeness (QED) is 0.825. The zero-order valence-corrected chi connectivity index (χ0v) is 13.3. The summed E-state index contributed by atoms with van der Waals surface area (Å²) in [6.45, 7) is 6.88. The second kappa shape index (κ2) is 7.50. The number of carbonyl (C=O) groups is 1. The van der Waals surface area contributed by atoms with Gasteiger partial charge < -0.3 is 15.4 Å². The van der Waals surface area contributed by atoms with Gasteiger partial charge in [0, 0.05) is 5.69 Å². The van der Waals surface area contributed by atoms with Crippen molar-refractivity contribution >= 4 is 11.7 Å². The number of nitrogens with one attached hydrogen (secondary N) is 2. The van der Waals surface area contributed by atoms with Gasteiger partial charge in [0.2, 0.25) is 0 Å². The Morgan fingerprint density at radius 3 is 2.59 bits per heavy atom. The minimum Gasteiger partial charge on any atom is -0.491 e. The van der Waals surface area contributed by atoms with Crippen molar-refractivity contribution in [2.75, 3.05) is 18.5 Å². The third-order valence-electron chi connectivity index (χ3n) is 3.38. The molecule has 4 heteroatoms. The molecule has 0 fully saturated rings. The molecule has 0 aliphatic rings. The van der Waals surface area contributed by atoms with E-state index >= 15 is 0 Å². The van der Waals surface area contributed by atoms with Gasteiger partial charge in [-0.1, -0.05) is 30.3 Å². The number of carbonyl (C=O) groups excluding carboxylic acids is 1. The number of rotatable bonds is 5. The van der Waals surface area contributed by atoms with Gasteiger partial charge in [0.25, 0.3) is 0 Å². The molecule has 116 valence electrons. The second-order valence-corrected chi connectivity index (χ2v) is 5.31. The van der Waals surface area contributed by atoms with Crippen LogP contribution in [0.2, 0.25) is 0 Å². The van der Waals surface area contributed by atoms with Gasteiger partial charge >= 0.3 is 6.03 Å². The first-order valence-corrected chi connectivity index (χ1v) is 7.37. The summed E-state index contributed by atoms with van der Waals surface area (Å²) >= 11 is 0. The largest absolute Gasteiger partial charge is 0.491 e. The van der Waals surface area contributed by atoms with Crippen LogP contribution in [0.3, 0.4) is 0 Å². The topological polar surface area (TPSA) is 50.4 Å². The fraction of sp³-hybridized carbons (Fsp3) is 0.278. The van der Waals surface area contributed by atoms with Gasteiger partial charge in [0.05, 0.1) is 6.54 Å². The zero-order chi connectivity index (χ0) is 15.9. The molecule has 0 spiro atoms. The standard InChI is InChI=1S/C18H22N2O2/c1-13-8-9-15(3)17(12-13)22-11-10-19-18(21)20-16-7-5-4-6-14(16)2/h4-9,12H,10-11H2,1-3H3,(H2,19,20,21). The molecule has 22 heavy (non-hydrogen) atoms. The number of hydrogen-bond donors (Lipinski definition) is 2. The Hall–Kier alpha value is -2.49. The van der Waals surface area contributed by atoms with Gasteiger partial charge in [-0.15, -0.1) is 0 Å². The molecule has 0 radical (unpaired) electrons. The van der Waals surface area contributed by atoms with Gasteiger partial charge in [0.1, 0.15) is 12.4 Å². The molecular formula is C18H22N2O2. The molecule has 0 heterocycles. The molecule has 0 bridgehead atoms. The van der Waals surface area contributed by atoms with E-state index in [1.54, 1.807) is 0 Å². The van der Waals surface area contributed by atoms with Crippen molar-refractivity contribution in [3.8, 4) is 5.75 Å². The summed E-state index contributed by atoms with van der Waals surface area (Å²) in [7, 11) is 0. The summed E-state index contributed by atoms with van der Waals surface area (Å²) in [5, 5.41) is 5.61. The number of urea groups is 1. The molecule has 2 aromatic rings. The van der Waals surface area contributed by atoms with Crippen LogP contribution >= 0.6 is 0 Å². The van der Waals surface area contributed by atoms with E-state index in [1.165, 1.54) is 0 Å². The van der Waals surface area contributed by atoms with Crippen LogP contribution in [0.25, 0.3) is 0 Å². The van der Waals surface area contributed by atoms with Crippen LogP contribution in [0, 0.1) is 20.8 Å². The average Bonchev–Trinajstić information content (AvgIpc) is 2.49. The summed E-state index contributed by atoms with van der Waals surface area (Å²) in [5.41, 5.74) is 4.10. The van der Waals surface area contributed by atoms with Crippen LogP contribution in [0.1, 0.15) is 16.7 Å². The molecule has 0 atom stereocenters. The van der Waals surface area contributed by atoms with E-state index in [9.17, 15) is 4.79 Å². The third-order valence-corrected chi connectivity index (χ3v) is 3.38. The Morgan fingerprint density at radius 2 is 1.82 bits per heavy atom. The molecular weight excluding hydrogens is 276 g/mol. The number of aryl methyl sites for hydroxylation is 3. The maximum atomic E-state index is 11.8. The molecule has 0 unspecified atom stereocenters. The highest BCUT2D eigenvalue weighted by Gasteiger charge is 2.04. The Kier molecular flexibility index (Phi) is 5.42. The predicted molar refractivity (Wildman–Crippen MR) is 89.6 cm³/mol. The molecule has 0 aliphatic heterocycles. The second-order valence-electron chi connectivity index (χ2n) is 5.31. The predicted octanol–water partition coefficient (Wildman–Crippen LogP) is 3.81. The fourth-order valence-electron chi connectivity index (χ4n) is 2.07. The van der Waals surface area contributed by atoms with Crippen molar-refractivity contribution in [1.29, 1.82) is 0 Å². The Balaban J connectivity index is 1.76. The van der Waals surface area contributed by atoms with Crippen LogP contribution in [0.4, 0.5) is 10.5 Å². The highest BCUT2D eigenvalue weighted by molar-refractivity contribution is 5.89. The number of para-hydroxylation sites is 1. The van der Waals surface area contributed by atoms with Crippen LogP contribution in [0.15, 0.2) is 42.5 Å². The van der Waals surface area contributed by atoms with Crippen molar-refractivity contribution in [2.24, 2.45) is 0 Å². The molecule has 2 aromatic carbocycles. The molecule has 0 aromatic heterocycles.